The Balaban J connectivity index is 1.47. The van der Waals surface area contributed by atoms with E-state index in [4.69, 9.17) is 5.73 Å². The number of aromatic nitrogens is 2. The second kappa shape index (κ2) is 8.69. The summed E-state index contributed by atoms with van der Waals surface area (Å²) in [4.78, 5) is 43.5. The summed E-state index contributed by atoms with van der Waals surface area (Å²) in [5, 5.41) is 3.34. The van der Waals surface area contributed by atoms with E-state index >= 15 is 0 Å². The minimum Gasteiger partial charge on any atom is -0.368 e. The smallest absolute Gasteiger partial charge is 0.261 e. The van der Waals surface area contributed by atoms with Crippen LogP contribution in [-0.4, -0.2) is 38.9 Å². The molecule has 2 heterocycles. The number of carbonyl (C=O) groups is 2. The molecule has 8 heteroatoms. The maximum atomic E-state index is 12.8. The van der Waals surface area contributed by atoms with E-state index in [-0.39, 0.29) is 30.0 Å². The van der Waals surface area contributed by atoms with Crippen molar-refractivity contribution >= 4 is 28.4 Å². The van der Waals surface area contributed by atoms with Gasteiger partial charge in [-0.05, 0) is 56.1 Å². The Bertz CT molecular complexity index is 1200. The number of benzene rings is 2. The molecule has 1 atom stereocenters. The van der Waals surface area contributed by atoms with Crippen LogP contribution in [0.4, 0.5) is 5.69 Å². The highest BCUT2D eigenvalue weighted by atomic mass is 16.2. The lowest BCUT2D eigenvalue weighted by atomic mass is 10.1. The first-order valence-corrected chi connectivity index (χ1v) is 10.3. The molecular weight excluding hydrogens is 394 g/mol. The maximum absolute atomic E-state index is 12.8. The number of amides is 2. The van der Waals surface area contributed by atoms with Crippen LogP contribution in [0.5, 0.6) is 0 Å². The van der Waals surface area contributed by atoms with E-state index in [1.54, 1.807) is 31.2 Å². The first-order valence-electron chi connectivity index (χ1n) is 10.3. The van der Waals surface area contributed by atoms with E-state index in [0.29, 0.717) is 29.0 Å². The normalized spacial score (nSPS) is 16.5. The third kappa shape index (κ3) is 4.49. The summed E-state index contributed by atoms with van der Waals surface area (Å²) in [6, 6.07) is 14.3. The van der Waals surface area contributed by atoms with E-state index in [1.807, 2.05) is 24.3 Å². The van der Waals surface area contributed by atoms with Crippen LogP contribution in [0, 0.1) is 6.92 Å². The second-order valence-corrected chi connectivity index (χ2v) is 7.85. The first kappa shape index (κ1) is 20.7. The van der Waals surface area contributed by atoms with Crippen molar-refractivity contribution in [2.75, 3.05) is 11.9 Å². The number of primary amides is 1. The molecule has 1 fully saturated rings. The van der Waals surface area contributed by atoms with E-state index in [0.717, 1.165) is 24.9 Å². The highest BCUT2D eigenvalue weighted by molar-refractivity contribution is 5.91. The molecule has 0 radical (unpaired) electrons. The number of hydrogen-bond donors (Lipinski definition) is 2. The van der Waals surface area contributed by atoms with Crippen LogP contribution in [0.2, 0.25) is 0 Å². The lowest BCUT2D eigenvalue weighted by molar-refractivity contribution is -0.122. The van der Waals surface area contributed by atoms with Crippen LogP contribution < -0.4 is 16.6 Å². The number of para-hydroxylation sites is 1. The Morgan fingerprint density at radius 3 is 2.81 bits per heavy atom. The quantitative estimate of drug-likeness (QED) is 0.633. The SMILES string of the molecule is Cc1nc2ccccc2c(=O)n1CC(=O)Nc1cccc(CN2CCCC2C(N)=O)c1. The zero-order valence-corrected chi connectivity index (χ0v) is 17.4. The van der Waals surface area contributed by atoms with E-state index in [1.165, 1.54) is 4.57 Å². The second-order valence-electron chi connectivity index (χ2n) is 7.85. The summed E-state index contributed by atoms with van der Waals surface area (Å²) in [6.45, 7) is 3.00. The minimum atomic E-state index is -0.310. The van der Waals surface area contributed by atoms with Crippen LogP contribution in [0.3, 0.4) is 0 Å². The predicted octanol–water partition coefficient (Wildman–Crippen LogP) is 1.79. The summed E-state index contributed by atoms with van der Waals surface area (Å²) in [7, 11) is 0. The third-order valence-corrected chi connectivity index (χ3v) is 5.64. The van der Waals surface area contributed by atoms with Gasteiger partial charge in [0.1, 0.15) is 12.4 Å². The summed E-state index contributed by atoms with van der Waals surface area (Å²) < 4.78 is 1.38. The molecule has 1 aromatic heterocycles. The van der Waals surface area contributed by atoms with Crippen LogP contribution in [0.25, 0.3) is 10.9 Å². The fourth-order valence-electron chi connectivity index (χ4n) is 4.13. The molecule has 0 aliphatic carbocycles. The Hall–Kier alpha value is -3.52. The number of nitrogens with one attached hydrogen (secondary N) is 1. The van der Waals surface area contributed by atoms with Crippen LogP contribution in [-0.2, 0) is 22.7 Å². The Morgan fingerprint density at radius 1 is 1.19 bits per heavy atom. The summed E-state index contributed by atoms with van der Waals surface area (Å²) >= 11 is 0. The van der Waals surface area contributed by atoms with Crippen molar-refractivity contribution < 1.29 is 9.59 Å². The molecule has 2 amide bonds. The number of anilines is 1. The number of rotatable bonds is 6. The molecule has 8 nitrogen and oxygen atoms in total. The van der Waals surface area contributed by atoms with Crippen LogP contribution >= 0.6 is 0 Å². The number of aryl methyl sites for hydroxylation is 1. The molecule has 1 aliphatic rings. The van der Waals surface area contributed by atoms with Gasteiger partial charge >= 0.3 is 0 Å². The highest BCUT2D eigenvalue weighted by Gasteiger charge is 2.28. The molecule has 0 bridgehead atoms. The number of fused-ring (bicyclic) bond motifs is 1. The van der Waals surface area contributed by atoms with Gasteiger partial charge in [0.2, 0.25) is 11.8 Å². The Labute approximate surface area is 179 Å². The van der Waals surface area contributed by atoms with Crippen molar-refractivity contribution in [3.63, 3.8) is 0 Å². The lowest BCUT2D eigenvalue weighted by Gasteiger charge is -2.22. The summed E-state index contributed by atoms with van der Waals surface area (Å²) in [5.74, 6) is -0.124. The molecule has 3 N–H and O–H groups in total. The Morgan fingerprint density at radius 2 is 2.00 bits per heavy atom. The molecule has 31 heavy (non-hydrogen) atoms. The molecule has 4 rings (SSSR count). The number of likely N-dealkylation sites (tertiary alicyclic amines) is 1. The van der Waals surface area contributed by atoms with Gasteiger partial charge in [0, 0.05) is 12.2 Å². The Kier molecular flexibility index (Phi) is 5.81. The summed E-state index contributed by atoms with van der Waals surface area (Å²) in [5.41, 5.74) is 7.49. The number of nitrogens with zero attached hydrogens (tertiary/aromatic N) is 3. The van der Waals surface area contributed by atoms with Crippen LogP contribution in [0.1, 0.15) is 24.2 Å². The highest BCUT2D eigenvalue weighted by Crippen LogP contribution is 2.21. The molecular formula is C23H25N5O3. The standard InChI is InChI=1S/C23H25N5O3/c1-15-25-19-9-3-2-8-18(19)23(31)28(15)14-21(29)26-17-7-4-6-16(12-17)13-27-11-5-10-20(27)22(24)30/h2-4,6-9,12,20H,5,10-11,13-14H2,1H3,(H2,24,30)(H,26,29). The van der Waals surface area contributed by atoms with Gasteiger partial charge in [-0.15, -0.1) is 0 Å². The van der Waals surface area contributed by atoms with Crippen molar-refractivity contribution in [3.8, 4) is 0 Å². The van der Waals surface area contributed by atoms with Gasteiger partial charge in [0.25, 0.3) is 5.56 Å². The minimum absolute atomic E-state index is 0.122. The monoisotopic (exact) mass is 419 g/mol. The van der Waals surface area contributed by atoms with Crippen LogP contribution in [0.15, 0.2) is 53.3 Å². The fourth-order valence-corrected chi connectivity index (χ4v) is 4.13. The van der Waals surface area contributed by atoms with Gasteiger partial charge in [-0.1, -0.05) is 24.3 Å². The first-order chi connectivity index (χ1) is 14.9. The molecule has 1 saturated heterocycles. The van der Waals surface area contributed by atoms with Crippen molar-refractivity contribution in [1.29, 1.82) is 0 Å². The lowest BCUT2D eigenvalue weighted by Crippen LogP contribution is -2.39. The van der Waals surface area contributed by atoms with Gasteiger partial charge in [-0.2, -0.15) is 0 Å². The molecule has 160 valence electrons. The topological polar surface area (TPSA) is 110 Å². The number of nitrogens with two attached hydrogens (primary N) is 1. The van der Waals surface area contributed by atoms with Crippen molar-refractivity contribution in [2.24, 2.45) is 5.73 Å². The zero-order valence-electron chi connectivity index (χ0n) is 17.4. The number of carbonyl (C=O) groups excluding carboxylic acids is 2. The third-order valence-electron chi connectivity index (χ3n) is 5.64. The van der Waals surface area contributed by atoms with Crippen molar-refractivity contribution in [1.82, 2.24) is 14.5 Å². The largest absolute Gasteiger partial charge is 0.368 e. The van der Waals surface area contributed by atoms with Crippen molar-refractivity contribution in [2.45, 2.75) is 38.9 Å². The predicted molar refractivity (Wildman–Crippen MR) is 118 cm³/mol. The molecule has 2 aromatic carbocycles. The molecule has 0 spiro atoms. The van der Waals surface area contributed by atoms with E-state index in [9.17, 15) is 14.4 Å². The zero-order chi connectivity index (χ0) is 22.0. The van der Waals surface area contributed by atoms with Gasteiger partial charge in [0.15, 0.2) is 0 Å². The van der Waals surface area contributed by atoms with Crippen molar-refractivity contribution in [3.05, 3.63) is 70.3 Å². The average Bonchev–Trinajstić information content (AvgIpc) is 3.20. The fraction of sp³-hybridized carbons (Fsp3) is 0.304. The van der Waals surface area contributed by atoms with Gasteiger partial charge < -0.3 is 11.1 Å². The van der Waals surface area contributed by atoms with E-state index < -0.39 is 0 Å². The van der Waals surface area contributed by atoms with Gasteiger partial charge in [0.05, 0.1) is 16.9 Å². The summed E-state index contributed by atoms with van der Waals surface area (Å²) in [6.07, 6.45) is 1.72. The molecule has 3 aromatic rings. The molecule has 1 aliphatic heterocycles. The maximum Gasteiger partial charge on any atom is 0.261 e. The molecule has 1 unspecified atom stereocenters. The van der Waals surface area contributed by atoms with Gasteiger partial charge in [-0.25, -0.2) is 4.98 Å². The molecule has 0 saturated carbocycles. The van der Waals surface area contributed by atoms with E-state index in [2.05, 4.69) is 15.2 Å². The number of hydrogen-bond acceptors (Lipinski definition) is 5. The average molecular weight is 419 g/mol. The van der Waals surface area contributed by atoms with Gasteiger partial charge in [-0.3, -0.25) is 23.9 Å².